The number of esters is 1. The van der Waals surface area contributed by atoms with Gasteiger partial charge in [-0.05, 0) is 43.9 Å². The van der Waals surface area contributed by atoms with E-state index in [-0.39, 0.29) is 5.97 Å². The van der Waals surface area contributed by atoms with Crippen molar-refractivity contribution in [3.63, 3.8) is 0 Å². The Morgan fingerprint density at radius 1 is 1.20 bits per heavy atom. The summed E-state index contributed by atoms with van der Waals surface area (Å²) in [6.45, 7) is 2.27. The molecule has 2 atom stereocenters. The smallest absolute Gasteiger partial charge is 0.305 e. The standard InChI is InChI=1S/C18H32O2/c1-3-4-5-7-10-16-13-14-17(15-16)11-8-6-9-12-18(19)20-2/h8,11,16-17H,3-7,9-10,12-15H2,1-2H3/b11-8+. The Bertz CT molecular complexity index is 283. The maximum atomic E-state index is 11.0. The lowest BCUT2D eigenvalue weighted by Gasteiger charge is -2.08. The number of hydrogen-bond donors (Lipinski definition) is 0. The van der Waals surface area contributed by atoms with E-state index in [9.17, 15) is 4.79 Å². The van der Waals surface area contributed by atoms with E-state index in [1.54, 1.807) is 0 Å². The Morgan fingerprint density at radius 3 is 2.80 bits per heavy atom. The van der Waals surface area contributed by atoms with Gasteiger partial charge < -0.3 is 4.74 Å². The molecule has 0 radical (unpaired) electrons. The quantitative estimate of drug-likeness (QED) is 0.309. The van der Waals surface area contributed by atoms with Gasteiger partial charge in [-0.1, -0.05) is 51.2 Å². The van der Waals surface area contributed by atoms with Gasteiger partial charge in [0.15, 0.2) is 0 Å². The van der Waals surface area contributed by atoms with E-state index in [0.717, 1.165) is 24.7 Å². The summed E-state index contributed by atoms with van der Waals surface area (Å²) in [5.41, 5.74) is 0. The second kappa shape index (κ2) is 10.9. The average molecular weight is 280 g/mol. The maximum Gasteiger partial charge on any atom is 0.305 e. The molecule has 0 aliphatic heterocycles. The molecule has 1 rings (SSSR count). The number of carbonyl (C=O) groups is 1. The molecule has 0 N–H and O–H groups in total. The number of rotatable bonds is 10. The monoisotopic (exact) mass is 280 g/mol. The molecule has 1 aliphatic rings. The van der Waals surface area contributed by atoms with Gasteiger partial charge in [-0.3, -0.25) is 4.79 Å². The van der Waals surface area contributed by atoms with Crippen LogP contribution in [-0.2, 0) is 9.53 Å². The van der Waals surface area contributed by atoms with Crippen LogP contribution in [-0.4, -0.2) is 13.1 Å². The first-order chi connectivity index (χ1) is 9.76. The molecule has 1 saturated carbocycles. The fourth-order valence-electron chi connectivity index (χ4n) is 3.17. The number of unbranched alkanes of at least 4 members (excludes halogenated alkanes) is 4. The van der Waals surface area contributed by atoms with Crippen molar-refractivity contribution < 1.29 is 9.53 Å². The number of allylic oxidation sites excluding steroid dienone is 2. The second-order valence-corrected chi connectivity index (χ2v) is 6.19. The summed E-state index contributed by atoms with van der Waals surface area (Å²) in [4.78, 5) is 11.0. The summed E-state index contributed by atoms with van der Waals surface area (Å²) in [5, 5.41) is 0. The van der Waals surface area contributed by atoms with E-state index in [1.165, 1.54) is 58.5 Å². The summed E-state index contributed by atoms with van der Waals surface area (Å²) in [7, 11) is 1.46. The number of ether oxygens (including phenoxy) is 1. The Hall–Kier alpha value is -0.790. The minimum atomic E-state index is -0.0913. The van der Waals surface area contributed by atoms with Crippen LogP contribution in [0.5, 0.6) is 0 Å². The van der Waals surface area contributed by atoms with Gasteiger partial charge in [0.2, 0.25) is 0 Å². The highest BCUT2D eigenvalue weighted by Gasteiger charge is 2.21. The highest BCUT2D eigenvalue weighted by atomic mass is 16.5. The zero-order valence-corrected chi connectivity index (χ0v) is 13.4. The van der Waals surface area contributed by atoms with Crippen LogP contribution in [0.4, 0.5) is 0 Å². The van der Waals surface area contributed by atoms with E-state index in [2.05, 4.69) is 23.8 Å². The zero-order valence-electron chi connectivity index (χ0n) is 13.4. The van der Waals surface area contributed by atoms with E-state index in [1.807, 2.05) is 0 Å². The first-order valence-electron chi connectivity index (χ1n) is 8.49. The van der Waals surface area contributed by atoms with Crippen LogP contribution >= 0.6 is 0 Å². The number of hydrogen-bond acceptors (Lipinski definition) is 2. The first-order valence-corrected chi connectivity index (χ1v) is 8.49. The summed E-state index contributed by atoms with van der Waals surface area (Å²) in [6.07, 6.45) is 18.3. The second-order valence-electron chi connectivity index (χ2n) is 6.19. The lowest BCUT2D eigenvalue weighted by Crippen LogP contribution is -1.98. The summed E-state index contributed by atoms with van der Waals surface area (Å²) >= 11 is 0. The molecule has 116 valence electrons. The minimum absolute atomic E-state index is 0.0913. The van der Waals surface area contributed by atoms with Gasteiger partial charge >= 0.3 is 5.97 Å². The van der Waals surface area contributed by atoms with Crippen molar-refractivity contribution in [1.29, 1.82) is 0 Å². The van der Waals surface area contributed by atoms with Gasteiger partial charge in [-0.25, -0.2) is 0 Å². The summed E-state index contributed by atoms with van der Waals surface area (Å²) in [5.74, 6) is 1.67. The van der Waals surface area contributed by atoms with Gasteiger partial charge in [0.1, 0.15) is 0 Å². The fraction of sp³-hybridized carbons (Fsp3) is 0.833. The molecule has 1 fully saturated rings. The molecule has 0 aromatic heterocycles. The molecule has 2 unspecified atom stereocenters. The van der Waals surface area contributed by atoms with Crippen molar-refractivity contribution >= 4 is 5.97 Å². The highest BCUT2D eigenvalue weighted by Crippen LogP contribution is 2.35. The molecule has 2 heteroatoms. The van der Waals surface area contributed by atoms with Gasteiger partial charge in [0, 0.05) is 6.42 Å². The Morgan fingerprint density at radius 2 is 2.05 bits per heavy atom. The van der Waals surface area contributed by atoms with E-state index < -0.39 is 0 Å². The summed E-state index contributed by atoms with van der Waals surface area (Å²) < 4.78 is 4.64. The molecule has 0 bridgehead atoms. The van der Waals surface area contributed by atoms with Crippen LogP contribution in [0.15, 0.2) is 12.2 Å². The molecule has 2 nitrogen and oxygen atoms in total. The highest BCUT2D eigenvalue weighted by molar-refractivity contribution is 5.68. The van der Waals surface area contributed by atoms with Crippen molar-refractivity contribution in [1.82, 2.24) is 0 Å². The van der Waals surface area contributed by atoms with E-state index in [0.29, 0.717) is 6.42 Å². The van der Waals surface area contributed by atoms with Gasteiger partial charge in [0.25, 0.3) is 0 Å². The average Bonchev–Trinajstić information content (AvgIpc) is 2.91. The van der Waals surface area contributed by atoms with E-state index in [4.69, 9.17) is 0 Å². The minimum Gasteiger partial charge on any atom is -0.469 e. The van der Waals surface area contributed by atoms with Crippen LogP contribution in [0, 0.1) is 11.8 Å². The van der Waals surface area contributed by atoms with Crippen molar-refractivity contribution in [2.45, 2.75) is 77.6 Å². The molecule has 0 saturated heterocycles. The van der Waals surface area contributed by atoms with Crippen LogP contribution in [0.1, 0.15) is 77.6 Å². The lowest BCUT2D eigenvalue weighted by atomic mass is 9.97. The van der Waals surface area contributed by atoms with Crippen molar-refractivity contribution in [2.24, 2.45) is 11.8 Å². The third-order valence-corrected chi connectivity index (χ3v) is 4.44. The van der Waals surface area contributed by atoms with Gasteiger partial charge in [-0.15, -0.1) is 0 Å². The van der Waals surface area contributed by atoms with Crippen LogP contribution in [0.3, 0.4) is 0 Å². The zero-order chi connectivity index (χ0) is 14.6. The maximum absolute atomic E-state index is 11.0. The predicted molar refractivity (Wildman–Crippen MR) is 84.6 cm³/mol. The lowest BCUT2D eigenvalue weighted by molar-refractivity contribution is -0.140. The van der Waals surface area contributed by atoms with Gasteiger partial charge in [-0.2, -0.15) is 0 Å². The molecular formula is C18H32O2. The van der Waals surface area contributed by atoms with Crippen LogP contribution in [0.2, 0.25) is 0 Å². The summed E-state index contributed by atoms with van der Waals surface area (Å²) in [6, 6.07) is 0. The molecule has 0 aromatic carbocycles. The molecule has 0 aromatic rings. The normalized spacial score (nSPS) is 22.5. The van der Waals surface area contributed by atoms with Crippen molar-refractivity contribution in [3.05, 3.63) is 12.2 Å². The van der Waals surface area contributed by atoms with Gasteiger partial charge in [0.05, 0.1) is 7.11 Å². The SMILES string of the molecule is CCCCCCC1CCC(/C=C/CCCC(=O)OC)C1. The van der Waals surface area contributed by atoms with E-state index >= 15 is 0 Å². The largest absolute Gasteiger partial charge is 0.469 e. The fourth-order valence-corrected chi connectivity index (χ4v) is 3.17. The molecule has 0 spiro atoms. The molecule has 0 amide bonds. The Kier molecular flexibility index (Phi) is 9.44. The third-order valence-electron chi connectivity index (χ3n) is 4.44. The third kappa shape index (κ3) is 7.72. The van der Waals surface area contributed by atoms with Crippen LogP contribution in [0.25, 0.3) is 0 Å². The number of carbonyl (C=O) groups excluding carboxylic acids is 1. The molecule has 1 aliphatic carbocycles. The topological polar surface area (TPSA) is 26.3 Å². The van der Waals surface area contributed by atoms with Crippen molar-refractivity contribution in [3.8, 4) is 0 Å². The Balaban J connectivity index is 2.04. The Labute approximate surface area is 125 Å². The molecule has 20 heavy (non-hydrogen) atoms. The molecule has 0 heterocycles. The predicted octanol–water partition coefficient (Wildman–Crippen LogP) is 5.27. The first kappa shape index (κ1) is 17.3. The molecular weight excluding hydrogens is 248 g/mol. The number of methoxy groups -OCH3 is 1. The van der Waals surface area contributed by atoms with Crippen LogP contribution < -0.4 is 0 Å². The van der Waals surface area contributed by atoms with Crippen molar-refractivity contribution in [2.75, 3.05) is 7.11 Å².